The van der Waals surface area contributed by atoms with Crippen molar-refractivity contribution in [2.24, 2.45) is 17.8 Å². The molecule has 34 heavy (non-hydrogen) atoms. The summed E-state index contributed by atoms with van der Waals surface area (Å²) < 4.78 is 37.3. The van der Waals surface area contributed by atoms with Crippen molar-refractivity contribution >= 4 is 5.69 Å². The van der Waals surface area contributed by atoms with Gasteiger partial charge in [-0.3, -0.25) is 5.41 Å². The smallest absolute Gasteiger partial charge is 0.228 e. The second kappa shape index (κ2) is 6.90. The molecule has 1 aliphatic heterocycles. The number of hydrogen-bond acceptors (Lipinski definition) is 4. The summed E-state index contributed by atoms with van der Waals surface area (Å²) in [6.07, 6.45) is 8.81. The molecule has 5 nitrogen and oxygen atoms in total. The number of fused-ring (bicyclic) bond motifs is 2. The van der Waals surface area contributed by atoms with Gasteiger partial charge in [0.1, 0.15) is 29.2 Å². The van der Waals surface area contributed by atoms with Gasteiger partial charge in [0, 0.05) is 34.8 Å². The highest BCUT2D eigenvalue weighted by Crippen LogP contribution is 2.58. The van der Waals surface area contributed by atoms with E-state index in [1.807, 2.05) is 16.7 Å². The number of anilines is 1. The quantitative estimate of drug-likeness (QED) is 0.392. The molecule has 2 aromatic carbocycles. The second-order valence-electron chi connectivity index (χ2n) is 10.8. The van der Waals surface area contributed by atoms with Crippen molar-refractivity contribution in [3.05, 3.63) is 76.5 Å². The Morgan fingerprint density at radius 3 is 2.38 bits per heavy atom. The fourth-order valence-corrected chi connectivity index (χ4v) is 7.78. The number of nitrogen functional groups attached to an aromatic ring is 1. The van der Waals surface area contributed by atoms with Crippen molar-refractivity contribution in [2.45, 2.75) is 50.0 Å². The number of rotatable bonds is 2. The first-order valence-electron chi connectivity index (χ1n) is 12.1. The first-order chi connectivity index (χ1) is 16.4. The number of nitrogens with two attached hydrogens (primary N) is 1. The monoisotopic (exact) mass is 460 g/mol. The van der Waals surface area contributed by atoms with Gasteiger partial charge < -0.3 is 15.0 Å². The number of nitrogens with zero attached hydrogens (tertiary/aromatic N) is 2. The lowest BCUT2D eigenvalue weighted by molar-refractivity contribution is -0.0462. The number of halogens is 2. The molecule has 7 heteroatoms. The highest BCUT2D eigenvalue weighted by atomic mass is 19.1. The maximum absolute atomic E-state index is 15.3. The van der Waals surface area contributed by atoms with Crippen molar-refractivity contribution in [3.63, 3.8) is 0 Å². The Morgan fingerprint density at radius 1 is 1.00 bits per heavy atom. The SMILES string of the molecule is N=c1c2c(ncn1C13CC4CC(CC(C4)C1)C3)Oc1cc(F)cc(F)c1C2c1cccc(N)c1. The van der Waals surface area contributed by atoms with Crippen LogP contribution in [0, 0.1) is 34.8 Å². The Morgan fingerprint density at radius 2 is 1.71 bits per heavy atom. The molecule has 3 aromatic rings. The lowest BCUT2D eigenvalue weighted by Crippen LogP contribution is -2.55. The van der Waals surface area contributed by atoms with Gasteiger partial charge in [0.05, 0.1) is 5.56 Å². The van der Waals surface area contributed by atoms with E-state index in [0.29, 0.717) is 34.5 Å². The van der Waals surface area contributed by atoms with Crippen LogP contribution < -0.4 is 16.0 Å². The lowest BCUT2D eigenvalue weighted by atomic mass is 9.53. The van der Waals surface area contributed by atoms with Gasteiger partial charge in [0.2, 0.25) is 5.88 Å². The summed E-state index contributed by atoms with van der Waals surface area (Å²) in [5.41, 5.74) is 8.28. The van der Waals surface area contributed by atoms with Crippen molar-refractivity contribution in [3.8, 4) is 11.6 Å². The van der Waals surface area contributed by atoms with Crippen molar-refractivity contribution in [1.82, 2.24) is 9.55 Å². The highest BCUT2D eigenvalue weighted by Gasteiger charge is 2.52. The van der Waals surface area contributed by atoms with Gasteiger partial charge in [0.25, 0.3) is 0 Å². The summed E-state index contributed by atoms with van der Waals surface area (Å²) in [5.74, 6) is 0.371. The maximum Gasteiger partial charge on any atom is 0.228 e. The van der Waals surface area contributed by atoms with E-state index in [4.69, 9.17) is 10.5 Å². The van der Waals surface area contributed by atoms with Gasteiger partial charge in [0.15, 0.2) is 0 Å². The zero-order valence-electron chi connectivity index (χ0n) is 18.7. The van der Waals surface area contributed by atoms with E-state index in [1.54, 1.807) is 18.5 Å². The standard InChI is InChI=1S/C27H26F2N4O/c28-18-8-20(29)23-21(9-18)34-26-24(22(23)17-2-1-3-19(30)7-17)25(31)33(13-32-26)27-10-14-4-15(11-27)6-16(5-14)12-27/h1-3,7-9,13-16,22,31H,4-6,10-12,30H2. The van der Waals surface area contributed by atoms with Crippen LogP contribution in [0.4, 0.5) is 14.5 Å². The summed E-state index contributed by atoms with van der Waals surface area (Å²) in [6.45, 7) is 0. The summed E-state index contributed by atoms with van der Waals surface area (Å²) in [5, 5.41) is 9.36. The van der Waals surface area contributed by atoms with Gasteiger partial charge >= 0.3 is 0 Å². The second-order valence-corrected chi connectivity index (χ2v) is 10.8. The number of benzene rings is 2. The predicted molar refractivity (Wildman–Crippen MR) is 122 cm³/mol. The average Bonchev–Trinajstić information content (AvgIpc) is 2.76. The van der Waals surface area contributed by atoms with Crippen LogP contribution in [0.5, 0.6) is 11.6 Å². The van der Waals surface area contributed by atoms with Crippen LogP contribution in [0.1, 0.15) is 61.1 Å². The number of hydrogen-bond donors (Lipinski definition) is 2. The highest BCUT2D eigenvalue weighted by molar-refractivity contribution is 5.58. The molecule has 4 aliphatic carbocycles. The third kappa shape index (κ3) is 2.82. The van der Waals surface area contributed by atoms with E-state index >= 15 is 4.39 Å². The Balaban J connectivity index is 1.46. The minimum atomic E-state index is -0.711. The van der Waals surface area contributed by atoms with Crippen molar-refractivity contribution < 1.29 is 13.5 Å². The molecule has 0 saturated heterocycles. The Kier molecular flexibility index (Phi) is 4.10. The van der Waals surface area contributed by atoms with E-state index in [0.717, 1.165) is 30.9 Å². The van der Waals surface area contributed by atoms with Crippen molar-refractivity contribution in [2.75, 3.05) is 5.73 Å². The zero-order chi connectivity index (χ0) is 23.2. The molecule has 1 atom stereocenters. The minimum absolute atomic E-state index is 0.0943. The average molecular weight is 461 g/mol. The predicted octanol–water partition coefficient (Wildman–Crippen LogP) is 5.43. The normalized spacial score (nSPS) is 30.5. The molecule has 4 fully saturated rings. The van der Waals surface area contributed by atoms with Crippen molar-refractivity contribution in [1.29, 1.82) is 5.41 Å². The third-order valence-corrected chi connectivity index (χ3v) is 8.62. The molecule has 1 unspecified atom stereocenters. The van der Waals surface area contributed by atoms with E-state index in [-0.39, 0.29) is 22.7 Å². The molecule has 5 aliphatic rings. The topological polar surface area (TPSA) is 76.9 Å². The fraction of sp³-hybridized carbons (Fsp3) is 0.407. The summed E-state index contributed by atoms with van der Waals surface area (Å²) >= 11 is 0. The molecule has 1 aromatic heterocycles. The van der Waals surface area contributed by atoms with E-state index < -0.39 is 17.6 Å². The fourth-order valence-electron chi connectivity index (χ4n) is 7.78. The van der Waals surface area contributed by atoms with Gasteiger partial charge in [-0.05, 0) is 74.0 Å². The first-order valence-corrected chi connectivity index (χ1v) is 12.1. The molecule has 3 N–H and O–H groups in total. The molecule has 0 spiro atoms. The number of aromatic nitrogens is 2. The van der Waals surface area contributed by atoms with Gasteiger partial charge in [-0.2, -0.15) is 0 Å². The summed E-state index contributed by atoms with van der Waals surface area (Å²) in [4.78, 5) is 4.64. The molecular weight excluding hydrogens is 434 g/mol. The van der Waals surface area contributed by atoms with E-state index in [9.17, 15) is 9.80 Å². The molecule has 8 rings (SSSR count). The van der Waals surface area contributed by atoms with Gasteiger partial charge in [-0.15, -0.1) is 0 Å². The van der Waals surface area contributed by atoms with Gasteiger partial charge in [-0.25, -0.2) is 13.8 Å². The third-order valence-electron chi connectivity index (χ3n) is 8.62. The number of nitrogens with one attached hydrogen (secondary N) is 1. The zero-order valence-corrected chi connectivity index (χ0v) is 18.7. The minimum Gasteiger partial charge on any atom is -0.438 e. The van der Waals surface area contributed by atoms with Crippen LogP contribution in [-0.2, 0) is 5.54 Å². The molecule has 4 saturated carbocycles. The Bertz CT molecular complexity index is 1360. The summed E-state index contributed by atoms with van der Waals surface area (Å²) in [7, 11) is 0. The van der Waals surface area contributed by atoms with E-state index in [1.165, 1.54) is 25.3 Å². The van der Waals surface area contributed by atoms with Crippen LogP contribution in [0.3, 0.4) is 0 Å². The van der Waals surface area contributed by atoms with Crippen LogP contribution in [0.15, 0.2) is 42.7 Å². The molecule has 0 amide bonds. The van der Waals surface area contributed by atoms with Gasteiger partial charge in [-0.1, -0.05) is 12.1 Å². The van der Waals surface area contributed by atoms with Crippen LogP contribution >= 0.6 is 0 Å². The molecule has 2 heterocycles. The first kappa shape index (κ1) is 20.2. The summed E-state index contributed by atoms with van der Waals surface area (Å²) in [6, 6.07) is 9.30. The lowest BCUT2D eigenvalue weighted by Gasteiger charge is -2.57. The number of ether oxygens (including phenoxy) is 1. The Hall–Kier alpha value is -3.22. The van der Waals surface area contributed by atoms with E-state index in [2.05, 4.69) is 4.98 Å². The maximum atomic E-state index is 15.3. The molecule has 174 valence electrons. The molecular formula is C27H26F2N4O. The molecule has 4 bridgehead atoms. The van der Waals surface area contributed by atoms with Crippen LogP contribution in [-0.4, -0.2) is 9.55 Å². The van der Waals surface area contributed by atoms with Crippen LogP contribution in [0.2, 0.25) is 0 Å². The van der Waals surface area contributed by atoms with Crippen LogP contribution in [0.25, 0.3) is 0 Å². The molecule has 0 radical (unpaired) electrons. The largest absolute Gasteiger partial charge is 0.438 e. The Labute approximate surface area is 196 Å².